The lowest BCUT2D eigenvalue weighted by molar-refractivity contribution is -0.105. The number of hydrogen-bond acceptors (Lipinski definition) is 2. The summed E-state index contributed by atoms with van der Waals surface area (Å²) >= 11 is 0. The van der Waals surface area contributed by atoms with Crippen molar-refractivity contribution in [3.63, 3.8) is 0 Å². The lowest BCUT2D eigenvalue weighted by Gasteiger charge is -2.11. The fraction of sp³-hybridized carbons (Fsp3) is 0.364. The van der Waals surface area contributed by atoms with Gasteiger partial charge in [0.1, 0.15) is 0 Å². The van der Waals surface area contributed by atoms with Crippen molar-refractivity contribution in [2.45, 2.75) is 18.9 Å². The number of anilines is 1. The van der Waals surface area contributed by atoms with Gasteiger partial charge in [0.05, 0.1) is 0 Å². The first-order valence-electron chi connectivity index (χ1n) is 4.93. The van der Waals surface area contributed by atoms with Crippen LogP contribution < -0.4 is 10.6 Å². The van der Waals surface area contributed by atoms with E-state index in [1.165, 1.54) is 18.4 Å². The van der Waals surface area contributed by atoms with E-state index >= 15 is 0 Å². The van der Waals surface area contributed by atoms with Gasteiger partial charge in [-0.2, -0.15) is 0 Å². The first-order valence-corrected chi connectivity index (χ1v) is 4.93. The van der Waals surface area contributed by atoms with Gasteiger partial charge in [0.2, 0.25) is 6.41 Å². The number of nitrogens with one attached hydrogen (secondary N) is 2. The standard InChI is InChI=1S/C11H14N2O/c14-8-13-10-4-1-3-9(7-10)11-5-2-6-12-11/h1,3-4,7-8,11-12H,2,5-6H2,(H,13,14). The SMILES string of the molecule is O=CNc1cccc(C2CCCN2)c1. The molecular weight excluding hydrogens is 176 g/mol. The maximum absolute atomic E-state index is 10.3. The van der Waals surface area contributed by atoms with Gasteiger partial charge in [0.25, 0.3) is 0 Å². The molecule has 1 atom stereocenters. The minimum atomic E-state index is 0.461. The van der Waals surface area contributed by atoms with Crippen LogP contribution in [0.3, 0.4) is 0 Å². The van der Waals surface area contributed by atoms with Crippen LogP contribution in [0.15, 0.2) is 24.3 Å². The topological polar surface area (TPSA) is 41.1 Å². The second-order valence-electron chi connectivity index (χ2n) is 3.54. The predicted octanol–water partition coefficient (Wildman–Crippen LogP) is 1.68. The van der Waals surface area contributed by atoms with Crippen LogP contribution in [0.25, 0.3) is 0 Å². The normalized spacial score (nSPS) is 20.7. The zero-order valence-electron chi connectivity index (χ0n) is 7.99. The molecular formula is C11H14N2O. The van der Waals surface area contributed by atoms with Crippen LogP contribution in [0, 0.1) is 0 Å². The van der Waals surface area contributed by atoms with Crippen molar-refractivity contribution >= 4 is 12.1 Å². The molecule has 0 aliphatic carbocycles. The van der Waals surface area contributed by atoms with Crippen molar-refractivity contribution < 1.29 is 4.79 Å². The summed E-state index contributed by atoms with van der Waals surface area (Å²) in [6.45, 7) is 1.09. The molecule has 0 aromatic heterocycles. The lowest BCUT2D eigenvalue weighted by atomic mass is 10.0. The Morgan fingerprint density at radius 3 is 3.14 bits per heavy atom. The van der Waals surface area contributed by atoms with Crippen molar-refractivity contribution in [3.05, 3.63) is 29.8 Å². The maximum atomic E-state index is 10.3. The molecule has 1 heterocycles. The molecule has 1 fully saturated rings. The van der Waals surface area contributed by atoms with Crippen molar-refractivity contribution in [2.24, 2.45) is 0 Å². The molecule has 74 valence electrons. The van der Waals surface area contributed by atoms with Crippen molar-refractivity contribution in [3.8, 4) is 0 Å². The van der Waals surface area contributed by atoms with E-state index in [0.29, 0.717) is 12.5 Å². The largest absolute Gasteiger partial charge is 0.329 e. The molecule has 1 saturated heterocycles. The molecule has 14 heavy (non-hydrogen) atoms. The number of hydrogen-bond donors (Lipinski definition) is 2. The highest BCUT2D eigenvalue weighted by Gasteiger charge is 2.15. The third-order valence-electron chi connectivity index (χ3n) is 2.57. The van der Waals surface area contributed by atoms with E-state index in [-0.39, 0.29) is 0 Å². The number of carbonyl (C=O) groups excluding carboxylic acids is 1. The Hall–Kier alpha value is -1.35. The fourth-order valence-electron chi connectivity index (χ4n) is 1.88. The van der Waals surface area contributed by atoms with Gasteiger partial charge >= 0.3 is 0 Å². The minimum absolute atomic E-state index is 0.461. The average molecular weight is 190 g/mol. The van der Waals surface area contributed by atoms with Gasteiger partial charge in [0.15, 0.2) is 0 Å². The van der Waals surface area contributed by atoms with E-state index in [2.05, 4.69) is 16.7 Å². The van der Waals surface area contributed by atoms with Crippen LogP contribution in [0.2, 0.25) is 0 Å². The summed E-state index contributed by atoms with van der Waals surface area (Å²) < 4.78 is 0. The summed E-state index contributed by atoms with van der Waals surface area (Å²) in [5.74, 6) is 0. The van der Waals surface area contributed by atoms with E-state index in [9.17, 15) is 4.79 Å². The minimum Gasteiger partial charge on any atom is -0.329 e. The van der Waals surface area contributed by atoms with E-state index in [1.54, 1.807) is 0 Å². The number of rotatable bonds is 3. The number of amides is 1. The van der Waals surface area contributed by atoms with Crippen LogP contribution >= 0.6 is 0 Å². The zero-order valence-corrected chi connectivity index (χ0v) is 7.99. The van der Waals surface area contributed by atoms with Gasteiger partial charge in [-0.1, -0.05) is 12.1 Å². The molecule has 1 aliphatic heterocycles. The quantitative estimate of drug-likeness (QED) is 0.712. The molecule has 1 aliphatic rings. The molecule has 2 rings (SSSR count). The van der Waals surface area contributed by atoms with E-state index in [0.717, 1.165) is 12.2 Å². The molecule has 1 amide bonds. The molecule has 0 saturated carbocycles. The van der Waals surface area contributed by atoms with Crippen molar-refractivity contribution in [2.75, 3.05) is 11.9 Å². The van der Waals surface area contributed by atoms with Gasteiger partial charge < -0.3 is 10.6 Å². The van der Waals surface area contributed by atoms with Crippen molar-refractivity contribution in [1.29, 1.82) is 0 Å². The second kappa shape index (κ2) is 4.24. The first-order chi connectivity index (χ1) is 6.90. The second-order valence-corrected chi connectivity index (χ2v) is 3.54. The Morgan fingerprint density at radius 1 is 1.50 bits per heavy atom. The summed E-state index contributed by atoms with van der Waals surface area (Å²) in [7, 11) is 0. The molecule has 3 heteroatoms. The maximum Gasteiger partial charge on any atom is 0.211 e. The molecule has 1 aromatic carbocycles. The molecule has 0 bridgehead atoms. The van der Waals surface area contributed by atoms with Crippen LogP contribution in [-0.4, -0.2) is 13.0 Å². The van der Waals surface area contributed by atoms with Crippen molar-refractivity contribution in [1.82, 2.24) is 5.32 Å². The molecule has 1 unspecified atom stereocenters. The third kappa shape index (κ3) is 1.93. The predicted molar refractivity (Wildman–Crippen MR) is 56.1 cm³/mol. The van der Waals surface area contributed by atoms with Crippen LogP contribution in [0.1, 0.15) is 24.4 Å². The van der Waals surface area contributed by atoms with E-state index < -0.39 is 0 Å². The summed E-state index contributed by atoms with van der Waals surface area (Å²) in [6, 6.07) is 8.45. The highest BCUT2D eigenvalue weighted by atomic mass is 16.1. The average Bonchev–Trinajstić information content (AvgIpc) is 2.71. The lowest BCUT2D eigenvalue weighted by Crippen LogP contribution is -2.12. The van der Waals surface area contributed by atoms with Gasteiger partial charge in [-0.3, -0.25) is 4.79 Å². The van der Waals surface area contributed by atoms with Gasteiger partial charge in [0, 0.05) is 11.7 Å². The number of carbonyl (C=O) groups is 1. The summed E-state index contributed by atoms with van der Waals surface area (Å²) in [6.07, 6.45) is 3.13. The monoisotopic (exact) mass is 190 g/mol. The Bertz CT molecular complexity index is 319. The van der Waals surface area contributed by atoms with Crippen LogP contribution in [0.4, 0.5) is 5.69 Å². The summed E-state index contributed by atoms with van der Waals surface area (Å²) in [5, 5.41) is 6.09. The Labute approximate surface area is 83.5 Å². The Kier molecular flexibility index (Phi) is 2.79. The molecule has 1 aromatic rings. The Morgan fingerprint density at radius 2 is 2.43 bits per heavy atom. The molecule has 0 radical (unpaired) electrons. The van der Waals surface area contributed by atoms with Crippen LogP contribution in [-0.2, 0) is 4.79 Å². The molecule has 2 N–H and O–H groups in total. The van der Waals surface area contributed by atoms with Gasteiger partial charge in [-0.25, -0.2) is 0 Å². The van der Waals surface area contributed by atoms with Gasteiger partial charge in [-0.15, -0.1) is 0 Å². The summed E-state index contributed by atoms with van der Waals surface area (Å²) in [5.41, 5.74) is 2.13. The number of benzene rings is 1. The third-order valence-corrected chi connectivity index (χ3v) is 2.57. The highest BCUT2D eigenvalue weighted by molar-refractivity contribution is 5.71. The smallest absolute Gasteiger partial charge is 0.211 e. The van der Waals surface area contributed by atoms with Gasteiger partial charge in [-0.05, 0) is 37.1 Å². The molecule has 0 spiro atoms. The fourth-order valence-corrected chi connectivity index (χ4v) is 1.88. The van der Waals surface area contributed by atoms with Crippen LogP contribution in [0.5, 0.6) is 0 Å². The highest BCUT2D eigenvalue weighted by Crippen LogP contribution is 2.24. The molecule has 3 nitrogen and oxygen atoms in total. The van der Waals surface area contributed by atoms with E-state index in [1.807, 2.05) is 18.2 Å². The zero-order chi connectivity index (χ0) is 9.80. The Balaban J connectivity index is 2.16. The first kappa shape index (κ1) is 9.21. The summed E-state index contributed by atoms with van der Waals surface area (Å²) in [4.78, 5) is 10.3. The van der Waals surface area contributed by atoms with E-state index in [4.69, 9.17) is 0 Å².